The molecule has 0 radical (unpaired) electrons. The molecular formula is C16H22FNO2. The van der Waals surface area contributed by atoms with E-state index in [1.54, 1.807) is 20.1 Å². The number of nitrogens with one attached hydrogen (secondary N) is 1. The van der Waals surface area contributed by atoms with Crippen LogP contribution in [0.3, 0.4) is 0 Å². The summed E-state index contributed by atoms with van der Waals surface area (Å²) >= 11 is 0. The third kappa shape index (κ3) is 3.02. The van der Waals surface area contributed by atoms with Gasteiger partial charge in [-0.15, -0.1) is 0 Å². The summed E-state index contributed by atoms with van der Waals surface area (Å²) in [5.41, 5.74) is 1.85. The fraction of sp³-hybridized carbons (Fsp3) is 0.500. The molecule has 0 unspecified atom stereocenters. The molecule has 110 valence electrons. The highest BCUT2D eigenvalue weighted by Crippen LogP contribution is 2.30. The second kappa shape index (κ2) is 6.37. The second-order valence-corrected chi connectivity index (χ2v) is 5.53. The number of aryl methyl sites for hydroxylation is 1. The van der Waals surface area contributed by atoms with E-state index in [0.29, 0.717) is 30.2 Å². The number of rotatable bonds is 6. The number of methoxy groups -OCH3 is 1. The van der Waals surface area contributed by atoms with Crippen molar-refractivity contribution in [1.82, 2.24) is 5.32 Å². The molecule has 0 bridgehead atoms. The first-order chi connectivity index (χ1) is 9.54. The third-order valence-corrected chi connectivity index (χ3v) is 3.30. The molecule has 0 fully saturated rings. The van der Waals surface area contributed by atoms with Gasteiger partial charge in [-0.3, -0.25) is 0 Å². The number of ether oxygens (including phenoxy) is 1. The Morgan fingerprint density at radius 2 is 2.10 bits per heavy atom. The van der Waals surface area contributed by atoms with E-state index < -0.39 is 0 Å². The van der Waals surface area contributed by atoms with E-state index in [-0.39, 0.29) is 5.82 Å². The summed E-state index contributed by atoms with van der Waals surface area (Å²) in [4.78, 5) is 0. The fourth-order valence-electron chi connectivity index (χ4n) is 2.25. The zero-order valence-electron chi connectivity index (χ0n) is 12.5. The zero-order valence-corrected chi connectivity index (χ0v) is 12.5. The summed E-state index contributed by atoms with van der Waals surface area (Å²) in [6.45, 7) is 7.93. The lowest BCUT2D eigenvalue weighted by atomic mass is 10.1. The van der Waals surface area contributed by atoms with Crippen molar-refractivity contribution >= 4 is 11.0 Å². The molecular weight excluding hydrogens is 257 g/mol. The molecule has 0 aliphatic carbocycles. The maximum Gasteiger partial charge on any atom is 0.170 e. The van der Waals surface area contributed by atoms with Gasteiger partial charge in [0.25, 0.3) is 0 Å². The van der Waals surface area contributed by atoms with Crippen molar-refractivity contribution in [2.45, 2.75) is 33.9 Å². The van der Waals surface area contributed by atoms with Crippen molar-refractivity contribution in [2.75, 3.05) is 13.7 Å². The van der Waals surface area contributed by atoms with Crippen molar-refractivity contribution in [1.29, 1.82) is 0 Å². The Hall–Kier alpha value is -1.39. The van der Waals surface area contributed by atoms with Crippen molar-refractivity contribution in [3.05, 3.63) is 34.8 Å². The van der Waals surface area contributed by atoms with E-state index >= 15 is 0 Å². The van der Waals surface area contributed by atoms with Gasteiger partial charge < -0.3 is 14.5 Å². The van der Waals surface area contributed by atoms with Crippen LogP contribution in [-0.2, 0) is 17.9 Å². The minimum Gasteiger partial charge on any atom is -0.456 e. The SMILES string of the molecule is COCc1c(CNCC(C)C)oc2c(F)c(C)ccc12. The Bertz CT molecular complexity index is 590. The van der Waals surface area contributed by atoms with Crippen LogP contribution in [0.5, 0.6) is 0 Å². The maximum absolute atomic E-state index is 14.1. The highest BCUT2D eigenvalue weighted by atomic mass is 19.1. The third-order valence-electron chi connectivity index (χ3n) is 3.30. The molecule has 0 amide bonds. The summed E-state index contributed by atoms with van der Waals surface area (Å²) in [6, 6.07) is 3.68. The normalized spacial score (nSPS) is 11.7. The topological polar surface area (TPSA) is 34.4 Å². The van der Waals surface area contributed by atoms with Gasteiger partial charge in [0.2, 0.25) is 0 Å². The summed E-state index contributed by atoms with van der Waals surface area (Å²) in [5.74, 6) is 1.03. The van der Waals surface area contributed by atoms with Gasteiger partial charge in [0, 0.05) is 18.1 Å². The molecule has 2 aromatic rings. The van der Waals surface area contributed by atoms with Crippen LogP contribution in [-0.4, -0.2) is 13.7 Å². The van der Waals surface area contributed by atoms with E-state index in [1.807, 2.05) is 6.07 Å². The lowest BCUT2D eigenvalue weighted by molar-refractivity contribution is 0.183. The standard InChI is InChI=1S/C16H22FNO2/c1-10(2)7-18-8-14-13(9-19-4)12-6-5-11(3)15(17)16(12)20-14/h5-6,10,18H,7-9H2,1-4H3. The first-order valence-electron chi connectivity index (χ1n) is 6.93. The van der Waals surface area contributed by atoms with Crippen LogP contribution in [0.2, 0.25) is 0 Å². The van der Waals surface area contributed by atoms with E-state index in [4.69, 9.17) is 9.15 Å². The molecule has 0 saturated heterocycles. The van der Waals surface area contributed by atoms with Gasteiger partial charge in [-0.05, 0) is 24.9 Å². The Morgan fingerprint density at radius 3 is 2.75 bits per heavy atom. The average molecular weight is 279 g/mol. The molecule has 1 heterocycles. The van der Waals surface area contributed by atoms with Crippen LogP contribution in [0.25, 0.3) is 11.0 Å². The van der Waals surface area contributed by atoms with E-state index in [0.717, 1.165) is 23.3 Å². The molecule has 4 heteroatoms. The number of furan rings is 1. The summed E-state index contributed by atoms with van der Waals surface area (Å²) in [5, 5.41) is 4.13. The fourth-order valence-corrected chi connectivity index (χ4v) is 2.25. The minimum atomic E-state index is -0.282. The number of benzene rings is 1. The summed E-state index contributed by atoms with van der Waals surface area (Å²) in [7, 11) is 1.63. The number of halogens is 1. The highest BCUT2D eigenvalue weighted by Gasteiger charge is 2.17. The van der Waals surface area contributed by atoms with Gasteiger partial charge in [0.1, 0.15) is 5.76 Å². The highest BCUT2D eigenvalue weighted by molar-refractivity contribution is 5.83. The number of hydrogen-bond donors (Lipinski definition) is 1. The summed E-state index contributed by atoms with van der Waals surface area (Å²) < 4.78 is 25.1. The van der Waals surface area contributed by atoms with Crippen molar-refractivity contribution in [3.63, 3.8) is 0 Å². The lowest BCUT2D eigenvalue weighted by Crippen LogP contribution is -2.19. The predicted octanol–water partition coefficient (Wildman–Crippen LogP) is 3.77. The maximum atomic E-state index is 14.1. The molecule has 1 aromatic heterocycles. The largest absolute Gasteiger partial charge is 0.456 e. The molecule has 0 spiro atoms. The van der Waals surface area contributed by atoms with Gasteiger partial charge >= 0.3 is 0 Å². The van der Waals surface area contributed by atoms with Crippen molar-refractivity contribution < 1.29 is 13.5 Å². The van der Waals surface area contributed by atoms with E-state index in [1.165, 1.54) is 0 Å². The van der Waals surface area contributed by atoms with E-state index in [2.05, 4.69) is 19.2 Å². The Balaban J connectivity index is 2.37. The van der Waals surface area contributed by atoms with Crippen LogP contribution in [0, 0.1) is 18.7 Å². The molecule has 0 saturated carbocycles. The quantitative estimate of drug-likeness (QED) is 0.874. The zero-order chi connectivity index (χ0) is 14.7. The minimum absolute atomic E-state index is 0.282. The van der Waals surface area contributed by atoms with Gasteiger partial charge in [-0.2, -0.15) is 0 Å². The van der Waals surface area contributed by atoms with Gasteiger partial charge in [-0.1, -0.05) is 26.0 Å². The molecule has 1 aromatic carbocycles. The molecule has 0 aliphatic rings. The predicted molar refractivity (Wildman–Crippen MR) is 78.2 cm³/mol. The number of fused-ring (bicyclic) bond motifs is 1. The van der Waals surface area contributed by atoms with Crippen LogP contribution in [0.4, 0.5) is 4.39 Å². The monoisotopic (exact) mass is 279 g/mol. The van der Waals surface area contributed by atoms with Crippen molar-refractivity contribution in [3.8, 4) is 0 Å². The first-order valence-corrected chi connectivity index (χ1v) is 6.93. The smallest absolute Gasteiger partial charge is 0.170 e. The molecule has 0 atom stereocenters. The van der Waals surface area contributed by atoms with Crippen LogP contribution >= 0.6 is 0 Å². The average Bonchev–Trinajstić information content (AvgIpc) is 2.73. The second-order valence-electron chi connectivity index (χ2n) is 5.53. The lowest BCUT2D eigenvalue weighted by Gasteiger charge is -2.07. The summed E-state index contributed by atoms with van der Waals surface area (Å²) in [6.07, 6.45) is 0. The van der Waals surface area contributed by atoms with Gasteiger partial charge in [0.15, 0.2) is 11.4 Å². The van der Waals surface area contributed by atoms with Gasteiger partial charge in [0.05, 0.1) is 13.2 Å². The molecule has 1 N–H and O–H groups in total. The molecule has 0 aliphatic heterocycles. The first kappa shape index (κ1) is 15.0. The van der Waals surface area contributed by atoms with Gasteiger partial charge in [-0.25, -0.2) is 4.39 Å². The van der Waals surface area contributed by atoms with Crippen LogP contribution in [0.15, 0.2) is 16.5 Å². The molecule has 20 heavy (non-hydrogen) atoms. The van der Waals surface area contributed by atoms with Crippen LogP contribution in [0.1, 0.15) is 30.7 Å². The van der Waals surface area contributed by atoms with Crippen molar-refractivity contribution in [2.24, 2.45) is 5.92 Å². The van der Waals surface area contributed by atoms with Crippen LogP contribution < -0.4 is 5.32 Å². The Labute approximate surface area is 119 Å². The Kier molecular flexibility index (Phi) is 4.78. The Morgan fingerprint density at radius 1 is 1.35 bits per heavy atom. The molecule has 3 nitrogen and oxygen atoms in total. The van der Waals surface area contributed by atoms with E-state index in [9.17, 15) is 4.39 Å². The molecule has 2 rings (SSSR count). The number of hydrogen-bond acceptors (Lipinski definition) is 3.